The molecule has 5 nitrogen and oxygen atoms in total. The molecule has 0 radical (unpaired) electrons. The second kappa shape index (κ2) is 6.58. The molecule has 0 aliphatic carbocycles. The van der Waals surface area contributed by atoms with E-state index in [9.17, 15) is 9.59 Å². The number of hydrogen-bond acceptors (Lipinski definition) is 3. The maximum Gasteiger partial charge on any atom is 0.244 e. The Bertz CT molecular complexity index is 697. The van der Waals surface area contributed by atoms with Crippen LogP contribution in [0.2, 0.25) is 0 Å². The summed E-state index contributed by atoms with van der Waals surface area (Å²) in [7, 11) is 0. The maximum atomic E-state index is 12.5. The Labute approximate surface area is 129 Å². The number of carbonyl (C=O) groups is 2. The van der Waals surface area contributed by atoms with Gasteiger partial charge in [-0.15, -0.1) is 0 Å². The number of hydrogen-bond donors (Lipinski definition) is 2. The summed E-state index contributed by atoms with van der Waals surface area (Å²) in [6.07, 6.45) is 0.431. The summed E-state index contributed by atoms with van der Waals surface area (Å²) in [4.78, 5) is 25.6. The summed E-state index contributed by atoms with van der Waals surface area (Å²) in [6, 6.07) is 12.0. The Morgan fingerprint density at radius 2 is 1.77 bits per heavy atom. The second-order valence-corrected chi connectivity index (χ2v) is 5.35. The highest BCUT2D eigenvalue weighted by molar-refractivity contribution is 6.04. The van der Waals surface area contributed by atoms with Crippen molar-refractivity contribution in [3.05, 3.63) is 42.5 Å². The quantitative estimate of drug-likeness (QED) is 0.882. The fourth-order valence-corrected chi connectivity index (χ4v) is 2.52. The minimum atomic E-state index is -0.709. The van der Waals surface area contributed by atoms with Crippen molar-refractivity contribution in [2.45, 2.75) is 32.4 Å². The van der Waals surface area contributed by atoms with Crippen LogP contribution in [-0.4, -0.2) is 23.9 Å². The van der Waals surface area contributed by atoms with Crippen LogP contribution < -0.4 is 16.4 Å². The van der Waals surface area contributed by atoms with Crippen LogP contribution in [0.5, 0.6) is 0 Å². The van der Waals surface area contributed by atoms with Crippen LogP contribution in [0.15, 0.2) is 42.5 Å². The third kappa shape index (κ3) is 3.09. The molecule has 0 aromatic heterocycles. The van der Waals surface area contributed by atoms with Crippen LogP contribution in [0.3, 0.4) is 0 Å². The molecule has 0 aliphatic heterocycles. The minimum Gasteiger partial charge on any atom is -0.368 e. The molecule has 2 amide bonds. The third-order valence-electron chi connectivity index (χ3n) is 3.66. The number of nitrogens with zero attached hydrogens (tertiary/aromatic N) is 1. The van der Waals surface area contributed by atoms with Crippen LogP contribution in [0, 0.1) is 0 Å². The van der Waals surface area contributed by atoms with Gasteiger partial charge in [-0.25, -0.2) is 0 Å². The van der Waals surface area contributed by atoms with Gasteiger partial charge in [0.25, 0.3) is 0 Å². The number of benzene rings is 2. The number of anilines is 1. The normalized spacial score (nSPS) is 13.6. The average Bonchev–Trinajstić information content (AvgIpc) is 2.50. The van der Waals surface area contributed by atoms with E-state index in [0.717, 1.165) is 10.8 Å². The zero-order valence-corrected chi connectivity index (χ0v) is 12.8. The summed E-state index contributed by atoms with van der Waals surface area (Å²) in [6.45, 7) is 3.42. The molecule has 5 heteroatoms. The third-order valence-corrected chi connectivity index (χ3v) is 3.66. The first-order valence-electron chi connectivity index (χ1n) is 7.32. The summed E-state index contributed by atoms with van der Waals surface area (Å²) in [5.41, 5.74) is 11.8. The van der Waals surface area contributed by atoms with Crippen molar-refractivity contribution in [3.8, 4) is 0 Å². The molecule has 2 atom stereocenters. The van der Waals surface area contributed by atoms with Crippen molar-refractivity contribution in [1.29, 1.82) is 0 Å². The molecule has 2 aromatic rings. The Morgan fingerprint density at radius 1 is 1.14 bits per heavy atom. The van der Waals surface area contributed by atoms with Gasteiger partial charge in [-0.3, -0.25) is 14.5 Å². The molecule has 22 heavy (non-hydrogen) atoms. The van der Waals surface area contributed by atoms with Gasteiger partial charge < -0.3 is 11.5 Å². The molecule has 4 N–H and O–H groups in total. The first-order chi connectivity index (χ1) is 10.5. The van der Waals surface area contributed by atoms with E-state index in [4.69, 9.17) is 11.5 Å². The molecule has 0 saturated carbocycles. The SMILES string of the molecule is CC[C@@H](C(N)=O)N(C(=O)[C@H](C)N)c1ccc2ccccc2c1. The Kier molecular flexibility index (Phi) is 4.78. The van der Waals surface area contributed by atoms with Crippen molar-refractivity contribution < 1.29 is 9.59 Å². The van der Waals surface area contributed by atoms with E-state index in [1.807, 2.05) is 49.4 Å². The van der Waals surface area contributed by atoms with Gasteiger partial charge in [0.1, 0.15) is 6.04 Å². The molecule has 0 fully saturated rings. The van der Waals surface area contributed by atoms with Crippen LogP contribution in [0.4, 0.5) is 5.69 Å². The zero-order valence-electron chi connectivity index (χ0n) is 12.8. The van der Waals surface area contributed by atoms with E-state index in [1.54, 1.807) is 6.92 Å². The number of fused-ring (bicyclic) bond motifs is 1. The van der Waals surface area contributed by atoms with Gasteiger partial charge in [0, 0.05) is 5.69 Å². The van der Waals surface area contributed by atoms with Crippen molar-refractivity contribution >= 4 is 28.3 Å². The molecule has 0 aliphatic rings. The van der Waals surface area contributed by atoms with Gasteiger partial charge in [0.15, 0.2) is 0 Å². The molecular formula is C17H21N3O2. The summed E-state index contributed by atoms with van der Waals surface area (Å²) >= 11 is 0. The predicted molar refractivity (Wildman–Crippen MR) is 88.4 cm³/mol. The average molecular weight is 299 g/mol. The van der Waals surface area contributed by atoms with E-state index in [1.165, 1.54) is 4.90 Å². The molecule has 0 spiro atoms. The summed E-state index contributed by atoms with van der Waals surface area (Å²) < 4.78 is 0. The minimum absolute atomic E-state index is 0.319. The van der Waals surface area contributed by atoms with E-state index < -0.39 is 18.0 Å². The largest absolute Gasteiger partial charge is 0.368 e. The van der Waals surface area contributed by atoms with Gasteiger partial charge in [0.05, 0.1) is 6.04 Å². The van der Waals surface area contributed by atoms with Crippen LogP contribution in [0.1, 0.15) is 20.3 Å². The lowest BCUT2D eigenvalue weighted by Crippen LogP contribution is -2.52. The summed E-state index contributed by atoms with van der Waals surface area (Å²) in [5.74, 6) is -0.856. The molecule has 0 saturated heterocycles. The van der Waals surface area contributed by atoms with Gasteiger partial charge >= 0.3 is 0 Å². The van der Waals surface area contributed by atoms with E-state index in [-0.39, 0.29) is 5.91 Å². The Hall–Kier alpha value is -2.40. The standard InChI is InChI=1S/C17H21N3O2/c1-3-15(16(19)21)20(17(22)11(2)18)14-9-8-12-6-4-5-7-13(12)10-14/h4-11,15H,3,18H2,1-2H3,(H2,19,21)/t11-,15-/m0/s1. The lowest BCUT2D eigenvalue weighted by molar-refractivity contribution is -0.125. The van der Waals surface area contributed by atoms with Crippen molar-refractivity contribution in [2.75, 3.05) is 4.90 Å². The van der Waals surface area contributed by atoms with Crippen LogP contribution >= 0.6 is 0 Å². The topological polar surface area (TPSA) is 89.4 Å². The molecule has 0 unspecified atom stereocenters. The number of nitrogens with two attached hydrogens (primary N) is 2. The molecule has 0 heterocycles. The van der Waals surface area contributed by atoms with Crippen molar-refractivity contribution in [3.63, 3.8) is 0 Å². The van der Waals surface area contributed by atoms with Gasteiger partial charge in [-0.1, -0.05) is 37.3 Å². The molecule has 116 valence electrons. The second-order valence-electron chi connectivity index (χ2n) is 5.35. The van der Waals surface area contributed by atoms with Gasteiger partial charge in [-0.05, 0) is 36.2 Å². The summed E-state index contributed by atoms with van der Waals surface area (Å²) in [5, 5.41) is 2.05. The van der Waals surface area contributed by atoms with Gasteiger partial charge in [-0.2, -0.15) is 0 Å². The lowest BCUT2D eigenvalue weighted by atomic mass is 10.1. The number of rotatable bonds is 5. The smallest absolute Gasteiger partial charge is 0.244 e. The Morgan fingerprint density at radius 3 is 2.32 bits per heavy atom. The molecule has 0 bridgehead atoms. The van der Waals surface area contributed by atoms with Crippen LogP contribution in [-0.2, 0) is 9.59 Å². The molecular weight excluding hydrogens is 278 g/mol. The maximum absolute atomic E-state index is 12.5. The molecule has 2 rings (SSSR count). The monoisotopic (exact) mass is 299 g/mol. The lowest BCUT2D eigenvalue weighted by Gasteiger charge is -2.30. The zero-order chi connectivity index (χ0) is 16.3. The van der Waals surface area contributed by atoms with E-state index >= 15 is 0 Å². The van der Waals surface area contributed by atoms with Crippen molar-refractivity contribution in [2.24, 2.45) is 11.5 Å². The molecule has 2 aromatic carbocycles. The van der Waals surface area contributed by atoms with Gasteiger partial charge in [0.2, 0.25) is 11.8 Å². The number of primary amides is 1. The van der Waals surface area contributed by atoms with Crippen LogP contribution in [0.25, 0.3) is 10.8 Å². The number of carbonyl (C=O) groups excluding carboxylic acids is 2. The predicted octanol–water partition coefficient (Wildman–Crippen LogP) is 1.78. The highest BCUT2D eigenvalue weighted by Crippen LogP contribution is 2.25. The first-order valence-corrected chi connectivity index (χ1v) is 7.32. The first kappa shape index (κ1) is 16.0. The van der Waals surface area contributed by atoms with E-state index in [0.29, 0.717) is 12.1 Å². The Balaban J connectivity index is 2.54. The highest BCUT2D eigenvalue weighted by Gasteiger charge is 2.30. The highest BCUT2D eigenvalue weighted by atomic mass is 16.2. The number of amides is 2. The van der Waals surface area contributed by atoms with E-state index in [2.05, 4.69) is 0 Å². The fraction of sp³-hybridized carbons (Fsp3) is 0.294. The fourth-order valence-electron chi connectivity index (χ4n) is 2.52. The van der Waals surface area contributed by atoms with Crippen molar-refractivity contribution in [1.82, 2.24) is 0 Å².